The number of hydrogen-bond donors (Lipinski definition) is 0. The third-order valence-corrected chi connectivity index (χ3v) is 5.50. The zero-order valence-electron chi connectivity index (χ0n) is 13.3. The number of rotatable bonds is 4. The van der Waals surface area contributed by atoms with Crippen LogP contribution in [-0.4, -0.2) is 16.5 Å². The molecular weight excluding hydrogens is 350 g/mol. The second-order valence-corrected chi connectivity index (χ2v) is 7.06. The van der Waals surface area contributed by atoms with Gasteiger partial charge in [0, 0.05) is 21.2 Å². The molecule has 0 aliphatic heterocycles. The molecule has 3 aromatic carbocycles. The minimum atomic E-state index is 0.113. The number of halogens is 1. The van der Waals surface area contributed by atoms with E-state index < -0.39 is 0 Å². The Labute approximate surface area is 154 Å². The first kappa shape index (κ1) is 16.1. The maximum Gasteiger partial charge on any atom is 0.173 e. The summed E-state index contributed by atoms with van der Waals surface area (Å²) < 4.78 is 0. The number of thioether (sulfide) groups is 1. The van der Waals surface area contributed by atoms with E-state index in [1.807, 2.05) is 72.8 Å². The first-order chi connectivity index (χ1) is 12.2. The van der Waals surface area contributed by atoms with E-state index in [1.165, 1.54) is 0 Å². The molecule has 1 heterocycles. The lowest BCUT2D eigenvalue weighted by Crippen LogP contribution is -2.02. The molecule has 0 amide bonds. The van der Waals surface area contributed by atoms with Crippen molar-refractivity contribution in [2.24, 2.45) is 0 Å². The van der Waals surface area contributed by atoms with Crippen molar-refractivity contribution in [1.29, 1.82) is 0 Å². The molecule has 0 fully saturated rings. The summed E-state index contributed by atoms with van der Waals surface area (Å²) in [6, 6.07) is 23.1. The summed E-state index contributed by atoms with van der Waals surface area (Å²) in [5.41, 5.74) is 2.39. The van der Waals surface area contributed by atoms with Crippen molar-refractivity contribution >= 4 is 51.0 Å². The molecule has 4 aromatic rings. The summed E-state index contributed by atoms with van der Waals surface area (Å²) in [7, 11) is 0. The molecule has 0 spiro atoms. The molecule has 4 rings (SSSR count). The fraction of sp³-hybridized carbons (Fsp3) is 0.0476. The van der Waals surface area contributed by atoms with Gasteiger partial charge in [0.1, 0.15) is 0 Å². The first-order valence-corrected chi connectivity index (χ1v) is 9.28. The predicted octanol–water partition coefficient (Wildman–Crippen LogP) is 6.02. The molecule has 2 nitrogen and oxygen atoms in total. The van der Waals surface area contributed by atoms with Crippen LogP contribution in [0.4, 0.5) is 0 Å². The minimum absolute atomic E-state index is 0.113. The van der Waals surface area contributed by atoms with Gasteiger partial charge in [-0.3, -0.25) is 4.79 Å². The van der Waals surface area contributed by atoms with Crippen LogP contribution in [0.5, 0.6) is 0 Å². The molecule has 0 saturated heterocycles. The molecule has 122 valence electrons. The zero-order valence-corrected chi connectivity index (χ0v) is 14.8. The molecular formula is C21H14ClNOS. The maximum absolute atomic E-state index is 12.5. The van der Waals surface area contributed by atoms with E-state index in [1.54, 1.807) is 11.8 Å². The van der Waals surface area contributed by atoms with E-state index in [0.29, 0.717) is 10.8 Å². The molecule has 25 heavy (non-hydrogen) atoms. The van der Waals surface area contributed by atoms with Gasteiger partial charge in [-0.05, 0) is 12.1 Å². The fourth-order valence-corrected chi connectivity index (χ4v) is 4.15. The van der Waals surface area contributed by atoms with Crippen LogP contribution in [0.3, 0.4) is 0 Å². The van der Waals surface area contributed by atoms with Crippen molar-refractivity contribution in [3.8, 4) is 0 Å². The predicted molar refractivity (Wildman–Crippen MR) is 106 cm³/mol. The van der Waals surface area contributed by atoms with Gasteiger partial charge in [-0.2, -0.15) is 0 Å². The van der Waals surface area contributed by atoms with Gasteiger partial charge in [-0.1, -0.05) is 72.3 Å². The number of Topliss-reactive ketones (excluding diaryl/α,β-unsaturated/α-hetero) is 1. The van der Waals surface area contributed by atoms with Gasteiger partial charge in [0.05, 0.1) is 21.8 Å². The molecule has 0 radical (unpaired) electrons. The fourth-order valence-electron chi connectivity index (χ4n) is 2.84. The molecule has 1 aromatic heterocycles. The molecule has 0 aliphatic carbocycles. The van der Waals surface area contributed by atoms with Crippen LogP contribution >= 0.6 is 23.4 Å². The van der Waals surface area contributed by atoms with Crippen LogP contribution in [0.2, 0.25) is 5.02 Å². The van der Waals surface area contributed by atoms with Crippen molar-refractivity contribution in [2.75, 3.05) is 5.75 Å². The number of ketones is 1. The third kappa shape index (κ3) is 3.13. The monoisotopic (exact) mass is 363 g/mol. The highest BCUT2D eigenvalue weighted by Crippen LogP contribution is 2.36. The van der Waals surface area contributed by atoms with Crippen molar-refractivity contribution in [1.82, 2.24) is 4.98 Å². The molecule has 0 saturated carbocycles. The lowest BCUT2D eigenvalue weighted by atomic mass is 10.1. The first-order valence-electron chi connectivity index (χ1n) is 7.92. The molecule has 0 aliphatic rings. The lowest BCUT2D eigenvalue weighted by Gasteiger charge is -2.11. The molecule has 0 bridgehead atoms. The SMILES string of the molecule is O=C(CSc1c2ccccc2nc2c(Cl)cccc12)c1ccccc1. The number of hydrogen-bond acceptors (Lipinski definition) is 3. The normalized spacial score (nSPS) is 11.1. The number of carbonyl (C=O) groups is 1. The van der Waals surface area contributed by atoms with Crippen LogP contribution in [0.15, 0.2) is 77.7 Å². The number of aromatic nitrogens is 1. The Morgan fingerprint density at radius 2 is 1.60 bits per heavy atom. The van der Waals surface area contributed by atoms with Crippen LogP contribution in [0.25, 0.3) is 21.8 Å². The van der Waals surface area contributed by atoms with E-state index in [9.17, 15) is 4.79 Å². The molecule has 0 N–H and O–H groups in total. The van der Waals surface area contributed by atoms with E-state index in [-0.39, 0.29) is 5.78 Å². The van der Waals surface area contributed by atoms with Crippen LogP contribution < -0.4 is 0 Å². The van der Waals surface area contributed by atoms with Gasteiger partial charge in [-0.25, -0.2) is 4.98 Å². The van der Waals surface area contributed by atoms with Gasteiger partial charge in [-0.15, -0.1) is 11.8 Å². The van der Waals surface area contributed by atoms with Crippen LogP contribution in [-0.2, 0) is 0 Å². The number of carbonyl (C=O) groups excluding carboxylic acids is 1. The van der Waals surface area contributed by atoms with Gasteiger partial charge in [0.2, 0.25) is 0 Å². The maximum atomic E-state index is 12.5. The second kappa shape index (κ2) is 6.87. The summed E-state index contributed by atoms with van der Waals surface area (Å²) in [6.07, 6.45) is 0. The Hall–Kier alpha value is -2.36. The van der Waals surface area contributed by atoms with Crippen molar-refractivity contribution < 1.29 is 4.79 Å². The van der Waals surface area contributed by atoms with Gasteiger partial charge in [0.25, 0.3) is 0 Å². The highest BCUT2D eigenvalue weighted by atomic mass is 35.5. The highest BCUT2D eigenvalue weighted by molar-refractivity contribution is 8.00. The Morgan fingerprint density at radius 3 is 2.44 bits per heavy atom. The lowest BCUT2D eigenvalue weighted by molar-refractivity contribution is 0.102. The highest BCUT2D eigenvalue weighted by Gasteiger charge is 2.13. The number of nitrogens with zero attached hydrogens (tertiary/aromatic N) is 1. The minimum Gasteiger partial charge on any atom is -0.293 e. The molecule has 4 heteroatoms. The van der Waals surface area contributed by atoms with Crippen molar-refractivity contribution in [2.45, 2.75) is 4.90 Å². The molecule has 0 atom stereocenters. The van der Waals surface area contributed by atoms with Gasteiger partial charge in [0.15, 0.2) is 5.78 Å². The average Bonchev–Trinajstić information content (AvgIpc) is 2.66. The number of fused-ring (bicyclic) bond motifs is 2. The summed E-state index contributed by atoms with van der Waals surface area (Å²) in [4.78, 5) is 18.2. The molecule has 0 unspecified atom stereocenters. The average molecular weight is 364 g/mol. The number of benzene rings is 3. The number of pyridine rings is 1. The largest absolute Gasteiger partial charge is 0.293 e. The summed E-state index contributed by atoms with van der Waals surface area (Å²) in [6.45, 7) is 0. The third-order valence-electron chi connectivity index (χ3n) is 4.06. The van der Waals surface area contributed by atoms with Crippen molar-refractivity contribution in [3.63, 3.8) is 0 Å². The van der Waals surface area contributed by atoms with E-state index >= 15 is 0 Å². The topological polar surface area (TPSA) is 30.0 Å². The smallest absolute Gasteiger partial charge is 0.173 e. The zero-order chi connectivity index (χ0) is 17.2. The van der Waals surface area contributed by atoms with Gasteiger partial charge < -0.3 is 0 Å². The summed E-state index contributed by atoms with van der Waals surface area (Å²) in [5, 5.41) is 2.65. The Kier molecular flexibility index (Phi) is 4.43. The van der Waals surface area contributed by atoms with E-state index in [2.05, 4.69) is 0 Å². The van der Waals surface area contributed by atoms with Crippen LogP contribution in [0, 0.1) is 0 Å². The van der Waals surface area contributed by atoms with E-state index in [4.69, 9.17) is 16.6 Å². The van der Waals surface area contributed by atoms with E-state index in [0.717, 1.165) is 32.3 Å². The Morgan fingerprint density at radius 1 is 0.880 bits per heavy atom. The Bertz CT molecular complexity index is 1080. The quantitative estimate of drug-likeness (QED) is 0.252. The standard InChI is InChI=1S/C21H14ClNOS/c22-17-11-6-10-16-20(17)23-18-12-5-4-9-15(18)21(16)25-13-19(24)14-7-2-1-3-8-14/h1-12H,13H2. The Balaban J connectivity index is 1.79. The number of para-hydroxylation sites is 2. The second-order valence-electron chi connectivity index (χ2n) is 5.67. The van der Waals surface area contributed by atoms with Gasteiger partial charge >= 0.3 is 0 Å². The summed E-state index contributed by atoms with van der Waals surface area (Å²) >= 11 is 7.89. The van der Waals surface area contributed by atoms with Crippen LogP contribution in [0.1, 0.15) is 10.4 Å². The van der Waals surface area contributed by atoms with Crippen molar-refractivity contribution in [3.05, 3.63) is 83.4 Å². The summed E-state index contributed by atoms with van der Waals surface area (Å²) in [5.74, 6) is 0.487.